The zero-order chi connectivity index (χ0) is 11.1. The highest BCUT2D eigenvalue weighted by Crippen LogP contribution is 2.41. The second-order valence-electron chi connectivity index (χ2n) is 5.03. The zero-order valence-electron chi connectivity index (χ0n) is 9.49. The quantitative estimate of drug-likeness (QED) is 0.701. The first kappa shape index (κ1) is 10.6. The fourth-order valence-electron chi connectivity index (χ4n) is 2.08. The Balaban J connectivity index is 1.94. The lowest BCUT2D eigenvalue weighted by Crippen LogP contribution is -2.60. The van der Waals surface area contributed by atoms with Gasteiger partial charge in [-0.05, 0) is 19.4 Å². The SMILES string of the molecule is CC(NC1CC(O)C1(C)C)c1ccn[nH]1. The van der Waals surface area contributed by atoms with E-state index in [0.717, 1.165) is 12.1 Å². The average molecular weight is 209 g/mol. The molecule has 3 N–H and O–H groups in total. The predicted molar refractivity (Wildman–Crippen MR) is 58.3 cm³/mol. The minimum absolute atomic E-state index is 0.0196. The molecular weight excluding hydrogens is 190 g/mol. The normalized spacial score (nSPS) is 30.9. The average Bonchev–Trinajstić information content (AvgIpc) is 2.70. The summed E-state index contributed by atoms with van der Waals surface area (Å²) in [7, 11) is 0. The van der Waals surface area contributed by atoms with Crippen LogP contribution in [0.1, 0.15) is 38.9 Å². The Morgan fingerprint density at radius 3 is 2.87 bits per heavy atom. The fraction of sp³-hybridized carbons (Fsp3) is 0.727. The van der Waals surface area contributed by atoms with E-state index in [0.29, 0.717) is 6.04 Å². The Morgan fingerprint density at radius 1 is 1.67 bits per heavy atom. The van der Waals surface area contributed by atoms with Crippen molar-refractivity contribution < 1.29 is 5.11 Å². The van der Waals surface area contributed by atoms with Gasteiger partial charge in [0.2, 0.25) is 0 Å². The zero-order valence-corrected chi connectivity index (χ0v) is 9.49. The summed E-state index contributed by atoms with van der Waals surface area (Å²) >= 11 is 0. The molecule has 0 spiro atoms. The van der Waals surface area contributed by atoms with Gasteiger partial charge in [-0.1, -0.05) is 13.8 Å². The highest BCUT2D eigenvalue weighted by Gasteiger charge is 2.47. The van der Waals surface area contributed by atoms with Gasteiger partial charge in [0, 0.05) is 23.7 Å². The summed E-state index contributed by atoms with van der Waals surface area (Å²) in [5.74, 6) is 0. The Labute approximate surface area is 90.1 Å². The molecule has 84 valence electrons. The second-order valence-corrected chi connectivity index (χ2v) is 5.03. The first-order chi connectivity index (χ1) is 7.01. The molecule has 15 heavy (non-hydrogen) atoms. The number of aromatic amines is 1. The van der Waals surface area contributed by atoms with Crippen molar-refractivity contribution in [2.24, 2.45) is 5.41 Å². The number of rotatable bonds is 3. The maximum Gasteiger partial charge on any atom is 0.0621 e. The van der Waals surface area contributed by atoms with Gasteiger partial charge >= 0.3 is 0 Å². The lowest BCUT2D eigenvalue weighted by atomic mass is 9.64. The standard InChI is InChI=1S/C11H19N3O/c1-7(8-4-5-12-14-8)13-9-6-10(15)11(9,2)3/h4-5,7,9-10,13,15H,6H2,1-3H3,(H,12,14). The van der Waals surface area contributed by atoms with Crippen LogP contribution in [-0.2, 0) is 0 Å². The van der Waals surface area contributed by atoms with Gasteiger partial charge in [0.15, 0.2) is 0 Å². The summed E-state index contributed by atoms with van der Waals surface area (Å²) < 4.78 is 0. The molecule has 1 aliphatic carbocycles. The van der Waals surface area contributed by atoms with Gasteiger partial charge in [-0.15, -0.1) is 0 Å². The van der Waals surface area contributed by atoms with Crippen molar-refractivity contribution in [1.29, 1.82) is 0 Å². The number of nitrogens with zero attached hydrogens (tertiary/aromatic N) is 1. The van der Waals surface area contributed by atoms with E-state index in [1.807, 2.05) is 6.07 Å². The molecule has 0 bridgehead atoms. The Hall–Kier alpha value is -0.870. The van der Waals surface area contributed by atoms with Gasteiger partial charge in [-0.2, -0.15) is 5.10 Å². The van der Waals surface area contributed by atoms with Crippen LogP contribution < -0.4 is 5.32 Å². The lowest BCUT2D eigenvalue weighted by Gasteiger charge is -2.50. The number of hydrogen-bond donors (Lipinski definition) is 3. The Bertz CT molecular complexity index is 321. The van der Waals surface area contributed by atoms with Gasteiger partial charge in [0.25, 0.3) is 0 Å². The van der Waals surface area contributed by atoms with E-state index in [1.54, 1.807) is 6.20 Å². The summed E-state index contributed by atoms with van der Waals surface area (Å²) in [6.07, 6.45) is 2.42. The van der Waals surface area contributed by atoms with Gasteiger partial charge in [0.05, 0.1) is 11.8 Å². The van der Waals surface area contributed by atoms with Gasteiger partial charge < -0.3 is 10.4 Å². The topological polar surface area (TPSA) is 60.9 Å². The Kier molecular flexibility index (Phi) is 2.56. The van der Waals surface area contributed by atoms with Crippen LogP contribution in [0.3, 0.4) is 0 Å². The van der Waals surface area contributed by atoms with E-state index in [2.05, 4.69) is 36.3 Å². The summed E-state index contributed by atoms with van der Waals surface area (Å²) in [6.45, 7) is 6.30. The van der Waals surface area contributed by atoms with E-state index in [4.69, 9.17) is 0 Å². The van der Waals surface area contributed by atoms with Gasteiger partial charge in [0.1, 0.15) is 0 Å². The number of aromatic nitrogens is 2. The minimum atomic E-state index is -0.177. The molecule has 1 aromatic heterocycles. The summed E-state index contributed by atoms with van der Waals surface area (Å²) in [5, 5.41) is 20.0. The van der Waals surface area contributed by atoms with E-state index < -0.39 is 0 Å². The first-order valence-electron chi connectivity index (χ1n) is 5.45. The fourth-order valence-corrected chi connectivity index (χ4v) is 2.08. The van der Waals surface area contributed by atoms with Crippen LogP contribution >= 0.6 is 0 Å². The van der Waals surface area contributed by atoms with E-state index >= 15 is 0 Å². The van der Waals surface area contributed by atoms with Crippen LogP contribution in [-0.4, -0.2) is 27.4 Å². The maximum absolute atomic E-state index is 9.63. The molecule has 1 fully saturated rings. The molecular formula is C11H19N3O. The largest absolute Gasteiger partial charge is 0.392 e. The van der Waals surface area contributed by atoms with Crippen molar-refractivity contribution in [2.75, 3.05) is 0 Å². The van der Waals surface area contributed by atoms with E-state index in [9.17, 15) is 5.11 Å². The number of aliphatic hydroxyl groups is 1. The third-order valence-corrected chi connectivity index (χ3v) is 3.66. The molecule has 4 nitrogen and oxygen atoms in total. The van der Waals surface area contributed by atoms with Crippen molar-refractivity contribution in [2.45, 2.75) is 45.4 Å². The molecule has 3 unspecified atom stereocenters. The molecule has 0 aliphatic heterocycles. The first-order valence-corrected chi connectivity index (χ1v) is 5.45. The summed E-state index contributed by atoms with van der Waals surface area (Å²) in [5.41, 5.74) is 1.07. The minimum Gasteiger partial charge on any atom is -0.392 e. The third-order valence-electron chi connectivity index (χ3n) is 3.66. The molecule has 0 aromatic carbocycles. The lowest BCUT2D eigenvalue weighted by molar-refractivity contribution is -0.0756. The van der Waals surface area contributed by atoms with Gasteiger partial charge in [-0.3, -0.25) is 5.10 Å². The highest BCUT2D eigenvalue weighted by molar-refractivity contribution is 5.08. The van der Waals surface area contributed by atoms with E-state index in [1.165, 1.54) is 0 Å². The second kappa shape index (κ2) is 3.61. The van der Waals surface area contributed by atoms with Crippen LogP contribution in [0.15, 0.2) is 12.3 Å². The van der Waals surface area contributed by atoms with Crippen molar-refractivity contribution in [3.63, 3.8) is 0 Å². The van der Waals surface area contributed by atoms with Crippen LogP contribution in [0.25, 0.3) is 0 Å². The molecule has 0 radical (unpaired) electrons. The third kappa shape index (κ3) is 1.79. The Morgan fingerprint density at radius 2 is 2.40 bits per heavy atom. The number of hydrogen-bond acceptors (Lipinski definition) is 3. The van der Waals surface area contributed by atoms with Crippen LogP contribution in [0, 0.1) is 5.41 Å². The molecule has 3 atom stereocenters. The van der Waals surface area contributed by atoms with Crippen molar-refractivity contribution in [3.05, 3.63) is 18.0 Å². The van der Waals surface area contributed by atoms with Gasteiger partial charge in [-0.25, -0.2) is 0 Å². The number of aliphatic hydroxyl groups excluding tert-OH is 1. The van der Waals surface area contributed by atoms with Crippen LogP contribution in [0.4, 0.5) is 0 Å². The highest BCUT2D eigenvalue weighted by atomic mass is 16.3. The molecule has 1 heterocycles. The van der Waals surface area contributed by atoms with Crippen molar-refractivity contribution in [1.82, 2.24) is 15.5 Å². The monoisotopic (exact) mass is 209 g/mol. The molecule has 1 saturated carbocycles. The van der Waals surface area contributed by atoms with Crippen molar-refractivity contribution in [3.8, 4) is 0 Å². The summed E-state index contributed by atoms with van der Waals surface area (Å²) in [6, 6.07) is 2.61. The molecule has 4 heteroatoms. The molecule has 1 aliphatic rings. The molecule has 2 rings (SSSR count). The molecule has 1 aromatic rings. The molecule has 0 saturated heterocycles. The van der Waals surface area contributed by atoms with Crippen molar-refractivity contribution >= 4 is 0 Å². The van der Waals surface area contributed by atoms with E-state index in [-0.39, 0.29) is 17.6 Å². The smallest absolute Gasteiger partial charge is 0.0621 e. The predicted octanol–water partition coefficient (Wildman–Crippen LogP) is 1.22. The molecule has 0 amide bonds. The maximum atomic E-state index is 9.63. The van der Waals surface area contributed by atoms with Crippen LogP contribution in [0.5, 0.6) is 0 Å². The number of nitrogens with one attached hydrogen (secondary N) is 2. The summed E-state index contributed by atoms with van der Waals surface area (Å²) in [4.78, 5) is 0. The van der Waals surface area contributed by atoms with Crippen LogP contribution in [0.2, 0.25) is 0 Å². The number of H-pyrrole nitrogens is 1.